The Bertz CT molecular complexity index is 224. The molecule has 1 rings (SSSR count). The van der Waals surface area contributed by atoms with Crippen molar-refractivity contribution in [2.45, 2.75) is 19.4 Å². The number of aliphatic hydroxyl groups excluding tert-OH is 1. The zero-order chi connectivity index (χ0) is 9.52. The number of rotatable bonds is 5. The van der Waals surface area contributed by atoms with E-state index in [0.717, 1.165) is 13.0 Å². The van der Waals surface area contributed by atoms with Gasteiger partial charge in [0.05, 0.1) is 6.10 Å². The van der Waals surface area contributed by atoms with Crippen LogP contribution < -0.4 is 5.32 Å². The van der Waals surface area contributed by atoms with Crippen molar-refractivity contribution >= 4 is 0 Å². The van der Waals surface area contributed by atoms with Crippen molar-refractivity contribution in [1.29, 1.82) is 0 Å². The largest absolute Gasteiger partial charge is 0.392 e. The minimum absolute atomic E-state index is 0.270. The maximum absolute atomic E-state index is 8.97. The quantitative estimate of drug-likeness (QED) is 0.652. The number of hydrogen-bond donors (Lipinski definition) is 2. The Kier molecular flexibility index (Phi) is 4.43. The van der Waals surface area contributed by atoms with Crippen molar-refractivity contribution in [3.8, 4) is 0 Å². The third-order valence-corrected chi connectivity index (χ3v) is 1.75. The molecule has 3 heteroatoms. The standard InChI is InChI=1S/C10H16N2O/c1-9(13)7-12-6-4-10-3-2-5-11-8-10/h2-3,5,8-9,12-13H,4,6-7H2,1H3. The molecule has 2 N–H and O–H groups in total. The first-order valence-corrected chi connectivity index (χ1v) is 4.56. The van der Waals surface area contributed by atoms with Gasteiger partial charge in [-0.2, -0.15) is 0 Å². The lowest BCUT2D eigenvalue weighted by Crippen LogP contribution is -2.26. The summed E-state index contributed by atoms with van der Waals surface area (Å²) in [5, 5.41) is 12.1. The van der Waals surface area contributed by atoms with Gasteiger partial charge in [-0.3, -0.25) is 4.98 Å². The van der Waals surface area contributed by atoms with Crippen molar-refractivity contribution in [3.63, 3.8) is 0 Å². The second-order valence-electron chi connectivity index (χ2n) is 3.16. The summed E-state index contributed by atoms with van der Waals surface area (Å²) in [4.78, 5) is 4.02. The molecule has 0 saturated heterocycles. The highest BCUT2D eigenvalue weighted by atomic mass is 16.3. The molecule has 1 heterocycles. The Morgan fingerprint density at radius 2 is 2.46 bits per heavy atom. The molecule has 72 valence electrons. The monoisotopic (exact) mass is 180 g/mol. The summed E-state index contributed by atoms with van der Waals surface area (Å²) in [6.45, 7) is 3.31. The van der Waals surface area contributed by atoms with Gasteiger partial charge in [-0.1, -0.05) is 6.07 Å². The number of nitrogens with zero attached hydrogens (tertiary/aromatic N) is 1. The van der Waals surface area contributed by atoms with E-state index in [4.69, 9.17) is 5.11 Å². The maximum Gasteiger partial charge on any atom is 0.0636 e. The van der Waals surface area contributed by atoms with E-state index in [1.165, 1.54) is 5.56 Å². The first-order valence-electron chi connectivity index (χ1n) is 4.56. The van der Waals surface area contributed by atoms with Crippen LogP contribution in [0.15, 0.2) is 24.5 Å². The highest BCUT2D eigenvalue weighted by Crippen LogP contribution is 1.95. The number of aromatic nitrogens is 1. The minimum Gasteiger partial charge on any atom is -0.392 e. The van der Waals surface area contributed by atoms with Gasteiger partial charge in [0.2, 0.25) is 0 Å². The van der Waals surface area contributed by atoms with Crippen LogP contribution in [0.25, 0.3) is 0 Å². The number of aliphatic hydroxyl groups is 1. The lowest BCUT2D eigenvalue weighted by Gasteiger charge is -2.06. The molecule has 0 aromatic carbocycles. The Labute approximate surface area is 78.8 Å². The Morgan fingerprint density at radius 1 is 1.62 bits per heavy atom. The van der Waals surface area contributed by atoms with Gasteiger partial charge in [0.25, 0.3) is 0 Å². The fourth-order valence-corrected chi connectivity index (χ4v) is 1.09. The first-order chi connectivity index (χ1) is 6.29. The van der Waals surface area contributed by atoms with Crippen LogP contribution >= 0.6 is 0 Å². The van der Waals surface area contributed by atoms with Gasteiger partial charge in [0.1, 0.15) is 0 Å². The Morgan fingerprint density at radius 3 is 3.08 bits per heavy atom. The second kappa shape index (κ2) is 5.67. The molecular weight excluding hydrogens is 164 g/mol. The summed E-state index contributed by atoms with van der Waals surface area (Å²) < 4.78 is 0. The van der Waals surface area contributed by atoms with Gasteiger partial charge in [-0.05, 0) is 31.5 Å². The molecule has 0 radical (unpaired) electrons. The zero-order valence-corrected chi connectivity index (χ0v) is 7.90. The molecule has 1 aromatic rings. The fraction of sp³-hybridized carbons (Fsp3) is 0.500. The highest BCUT2D eigenvalue weighted by Gasteiger charge is 1.94. The molecule has 0 aliphatic rings. The highest BCUT2D eigenvalue weighted by molar-refractivity contribution is 5.08. The zero-order valence-electron chi connectivity index (χ0n) is 7.90. The van der Waals surface area contributed by atoms with Gasteiger partial charge in [0.15, 0.2) is 0 Å². The van der Waals surface area contributed by atoms with Crippen LogP contribution in [0, 0.1) is 0 Å². The molecule has 0 amide bonds. The fourth-order valence-electron chi connectivity index (χ4n) is 1.09. The minimum atomic E-state index is -0.270. The average Bonchev–Trinajstić information content (AvgIpc) is 2.14. The van der Waals surface area contributed by atoms with Crippen molar-refractivity contribution in [2.75, 3.05) is 13.1 Å². The number of pyridine rings is 1. The lowest BCUT2D eigenvalue weighted by molar-refractivity contribution is 0.191. The predicted molar refractivity (Wildman–Crippen MR) is 52.5 cm³/mol. The van der Waals surface area contributed by atoms with E-state index in [2.05, 4.69) is 16.4 Å². The Balaban J connectivity index is 2.13. The molecule has 0 saturated carbocycles. The van der Waals surface area contributed by atoms with E-state index in [9.17, 15) is 0 Å². The molecular formula is C10H16N2O. The molecule has 0 aliphatic carbocycles. The first kappa shape index (κ1) is 10.2. The third kappa shape index (κ3) is 4.60. The van der Waals surface area contributed by atoms with E-state index in [-0.39, 0.29) is 6.10 Å². The average molecular weight is 180 g/mol. The van der Waals surface area contributed by atoms with Crippen LogP contribution in [0.1, 0.15) is 12.5 Å². The summed E-state index contributed by atoms with van der Waals surface area (Å²) in [5.41, 5.74) is 1.22. The van der Waals surface area contributed by atoms with Gasteiger partial charge in [0, 0.05) is 18.9 Å². The maximum atomic E-state index is 8.97. The van der Waals surface area contributed by atoms with Crippen molar-refractivity contribution < 1.29 is 5.11 Å². The van der Waals surface area contributed by atoms with Gasteiger partial charge in [-0.15, -0.1) is 0 Å². The molecule has 0 aliphatic heterocycles. The van der Waals surface area contributed by atoms with Gasteiger partial charge >= 0.3 is 0 Å². The van der Waals surface area contributed by atoms with Crippen LogP contribution in [0.5, 0.6) is 0 Å². The van der Waals surface area contributed by atoms with Crippen LogP contribution in [0.4, 0.5) is 0 Å². The van der Waals surface area contributed by atoms with E-state index in [0.29, 0.717) is 6.54 Å². The molecule has 1 unspecified atom stereocenters. The van der Waals surface area contributed by atoms with Crippen molar-refractivity contribution in [1.82, 2.24) is 10.3 Å². The molecule has 3 nitrogen and oxygen atoms in total. The van der Waals surface area contributed by atoms with Crippen LogP contribution in [-0.2, 0) is 6.42 Å². The summed E-state index contributed by atoms with van der Waals surface area (Å²) in [6, 6.07) is 3.99. The second-order valence-corrected chi connectivity index (χ2v) is 3.16. The Hall–Kier alpha value is -0.930. The smallest absolute Gasteiger partial charge is 0.0636 e. The van der Waals surface area contributed by atoms with Crippen LogP contribution in [-0.4, -0.2) is 29.3 Å². The summed E-state index contributed by atoms with van der Waals surface area (Å²) in [7, 11) is 0. The topological polar surface area (TPSA) is 45.1 Å². The normalized spacial score (nSPS) is 12.8. The van der Waals surface area contributed by atoms with Gasteiger partial charge < -0.3 is 10.4 Å². The molecule has 13 heavy (non-hydrogen) atoms. The van der Waals surface area contributed by atoms with Gasteiger partial charge in [-0.25, -0.2) is 0 Å². The predicted octanol–water partition coefficient (Wildman–Crippen LogP) is 0.594. The van der Waals surface area contributed by atoms with Crippen molar-refractivity contribution in [2.24, 2.45) is 0 Å². The van der Waals surface area contributed by atoms with E-state index >= 15 is 0 Å². The van der Waals surface area contributed by atoms with E-state index in [1.54, 1.807) is 13.1 Å². The number of nitrogens with one attached hydrogen (secondary N) is 1. The van der Waals surface area contributed by atoms with Crippen LogP contribution in [0.2, 0.25) is 0 Å². The lowest BCUT2D eigenvalue weighted by atomic mass is 10.2. The molecule has 0 bridgehead atoms. The molecule has 1 atom stereocenters. The molecule has 0 spiro atoms. The van der Waals surface area contributed by atoms with Crippen LogP contribution in [0.3, 0.4) is 0 Å². The summed E-state index contributed by atoms with van der Waals surface area (Å²) >= 11 is 0. The summed E-state index contributed by atoms with van der Waals surface area (Å²) in [5.74, 6) is 0. The summed E-state index contributed by atoms with van der Waals surface area (Å²) in [6.07, 6.45) is 4.33. The third-order valence-electron chi connectivity index (χ3n) is 1.75. The number of hydrogen-bond acceptors (Lipinski definition) is 3. The van der Waals surface area contributed by atoms with E-state index < -0.39 is 0 Å². The van der Waals surface area contributed by atoms with Crippen molar-refractivity contribution in [3.05, 3.63) is 30.1 Å². The molecule has 1 aromatic heterocycles. The SMILES string of the molecule is CC(O)CNCCc1cccnc1. The molecule has 0 fully saturated rings. The van der Waals surface area contributed by atoms with E-state index in [1.807, 2.05) is 12.3 Å².